The first-order valence-corrected chi connectivity index (χ1v) is 11.8. The van der Waals surface area contributed by atoms with Gasteiger partial charge in [0.15, 0.2) is 6.10 Å². The van der Waals surface area contributed by atoms with Crippen molar-refractivity contribution >= 4 is 17.3 Å². The summed E-state index contributed by atoms with van der Waals surface area (Å²) >= 11 is 0. The van der Waals surface area contributed by atoms with Crippen LogP contribution in [0.15, 0.2) is 36.4 Å². The molecule has 1 amide bonds. The molecule has 0 saturated carbocycles. The van der Waals surface area contributed by atoms with Gasteiger partial charge in [0.1, 0.15) is 5.75 Å². The maximum atomic E-state index is 13.4. The third kappa shape index (κ3) is 5.96. The van der Waals surface area contributed by atoms with E-state index >= 15 is 0 Å². The Morgan fingerprint density at radius 3 is 2.50 bits per heavy atom. The molecule has 1 fully saturated rings. The minimum Gasteiger partial charge on any atom is -0.480 e. The smallest absolute Gasteiger partial charge is 0.265 e. The van der Waals surface area contributed by atoms with Crippen LogP contribution in [0, 0.1) is 13.8 Å². The molecular weight excluding hydrogens is 470 g/mol. The van der Waals surface area contributed by atoms with Crippen LogP contribution in [0.4, 0.5) is 20.2 Å². The van der Waals surface area contributed by atoms with Crippen LogP contribution >= 0.6 is 0 Å². The Morgan fingerprint density at radius 2 is 1.89 bits per heavy atom. The number of alkyl halides is 2. The summed E-state index contributed by atoms with van der Waals surface area (Å²) in [5.74, 6) is -0.00533. The number of tetrazole rings is 1. The van der Waals surface area contributed by atoms with Crippen molar-refractivity contribution < 1.29 is 23.0 Å². The first-order chi connectivity index (χ1) is 17.2. The molecule has 0 bridgehead atoms. The molecule has 1 unspecified atom stereocenters. The maximum Gasteiger partial charge on any atom is 0.265 e. The van der Waals surface area contributed by atoms with Crippen molar-refractivity contribution in [3.63, 3.8) is 0 Å². The van der Waals surface area contributed by atoms with Crippen molar-refractivity contribution in [1.82, 2.24) is 20.6 Å². The minimum absolute atomic E-state index is 0.0545. The number of aryl methyl sites for hydroxylation is 2. The first-order valence-electron chi connectivity index (χ1n) is 11.8. The Kier molecular flexibility index (Phi) is 7.78. The number of hydrogen-bond donors (Lipinski definition) is 2. The van der Waals surface area contributed by atoms with E-state index in [0.29, 0.717) is 30.1 Å². The van der Waals surface area contributed by atoms with Gasteiger partial charge in [0.05, 0.1) is 24.3 Å². The molecule has 2 heterocycles. The summed E-state index contributed by atoms with van der Waals surface area (Å²) in [4.78, 5) is 15.4. The summed E-state index contributed by atoms with van der Waals surface area (Å²) in [5, 5.41) is 16.9. The quantitative estimate of drug-likeness (QED) is 0.479. The standard InChI is InChI=1S/C25H30F2N6O3/c1-14-6-5-7-15(2)23(14)36-21(11-22(26)27)25(34)28-20-9-8-18(10-19(20)24-29-31-32-30-24)33-12-16(3)35-17(4)13-33/h5-10,16-17,21-22H,11-13H2,1-4H3,(H,28,34)(H,29,30,31,32)/t16-,17?,21-/m0/s1. The van der Waals surface area contributed by atoms with Gasteiger partial charge in [-0.15, -0.1) is 10.2 Å². The summed E-state index contributed by atoms with van der Waals surface area (Å²) in [6, 6.07) is 10.9. The van der Waals surface area contributed by atoms with Crippen LogP contribution in [-0.4, -0.2) is 64.4 Å². The molecule has 2 aromatic carbocycles. The van der Waals surface area contributed by atoms with E-state index in [1.165, 1.54) is 0 Å². The van der Waals surface area contributed by atoms with Crippen LogP contribution in [-0.2, 0) is 9.53 Å². The van der Waals surface area contributed by atoms with Crippen LogP contribution in [0.2, 0.25) is 0 Å². The van der Waals surface area contributed by atoms with Crippen LogP contribution in [0.3, 0.4) is 0 Å². The van der Waals surface area contributed by atoms with Crippen molar-refractivity contribution in [3.05, 3.63) is 47.5 Å². The molecule has 0 aliphatic carbocycles. The first kappa shape index (κ1) is 25.5. The second kappa shape index (κ2) is 11.0. The number of halogens is 2. The van der Waals surface area contributed by atoms with E-state index in [1.54, 1.807) is 32.0 Å². The number of ether oxygens (including phenoxy) is 2. The molecule has 3 aromatic rings. The monoisotopic (exact) mass is 500 g/mol. The molecule has 1 aliphatic rings. The number of amides is 1. The molecule has 2 N–H and O–H groups in total. The van der Waals surface area contributed by atoms with Crippen LogP contribution in [0.1, 0.15) is 31.4 Å². The van der Waals surface area contributed by atoms with E-state index in [-0.39, 0.29) is 18.0 Å². The topological polar surface area (TPSA) is 105 Å². The Labute approximate surface area is 208 Å². The molecule has 1 saturated heterocycles. The molecular formula is C25H30F2N6O3. The van der Waals surface area contributed by atoms with Crippen molar-refractivity contribution in [1.29, 1.82) is 0 Å². The number of anilines is 2. The lowest BCUT2D eigenvalue weighted by atomic mass is 10.1. The second-order valence-corrected chi connectivity index (χ2v) is 9.07. The third-order valence-electron chi connectivity index (χ3n) is 5.99. The average molecular weight is 501 g/mol. The second-order valence-electron chi connectivity index (χ2n) is 9.07. The zero-order chi connectivity index (χ0) is 25.8. The van der Waals surface area contributed by atoms with Gasteiger partial charge >= 0.3 is 0 Å². The summed E-state index contributed by atoms with van der Waals surface area (Å²) in [7, 11) is 0. The van der Waals surface area contributed by atoms with Crippen LogP contribution < -0.4 is 15.0 Å². The molecule has 1 aromatic heterocycles. The number of morpholine rings is 1. The molecule has 3 atom stereocenters. The molecule has 1 aliphatic heterocycles. The van der Waals surface area contributed by atoms with Crippen molar-refractivity contribution in [2.24, 2.45) is 0 Å². The van der Waals surface area contributed by atoms with E-state index in [1.807, 2.05) is 32.0 Å². The van der Waals surface area contributed by atoms with E-state index in [9.17, 15) is 13.6 Å². The highest BCUT2D eigenvalue weighted by Crippen LogP contribution is 2.32. The van der Waals surface area contributed by atoms with Gasteiger partial charge in [0.25, 0.3) is 5.91 Å². The fourth-order valence-corrected chi connectivity index (χ4v) is 4.40. The lowest BCUT2D eigenvalue weighted by molar-refractivity contribution is -0.124. The highest BCUT2D eigenvalue weighted by molar-refractivity contribution is 5.98. The molecule has 11 heteroatoms. The Morgan fingerprint density at radius 1 is 1.19 bits per heavy atom. The zero-order valence-corrected chi connectivity index (χ0v) is 20.7. The highest BCUT2D eigenvalue weighted by atomic mass is 19.3. The van der Waals surface area contributed by atoms with Gasteiger partial charge in [-0.25, -0.2) is 8.78 Å². The molecule has 4 rings (SSSR count). The Bertz CT molecular complexity index is 1160. The number of carbonyl (C=O) groups excluding carboxylic acids is 1. The number of hydrogen-bond acceptors (Lipinski definition) is 7. The number of aromatic nitrogens is 4. The fourth-order valence-electron chi connectivity index (χ4n) is 4.40. The molecule has 36 heavy (non-hydrogen) atoms. The van der Waals surface area contributed by atoms with Crippen molar-refractivity contribution in [3.8, 4) is 17.1 Å². The summed E-state index contributed by atoms with van der Waals surface area (Å²) in [5.41, 5.74) is 3.28. The lowest BCUT2D eigenvalue weighted by Crippen LogP contribution is -2.45. The van der Waals surface area contributed by atoms with Crippen LogP contribution in [0.25, 0.3) is 11.4 Å². The van der Waals surface area contributed by atoms with E-state index in [4.69, 9.17) is 9.47 Å². The molecule has 0 radical (unpaired) electrons. The number of rotatable bonds is 8. The minimum atomic E-state index is -2.73. The van der Waals surface area contributed by atoms with Gasteiger partial charge in [-0.1, -0.05) is 18.2 Å². The largest absolute Gasteiger partial charge is 0.480 e. The summed E-state index contributed by atoms with van der Waals surface area (Å²) < 4.78 is 38.5. The Hall–Kier alpha value is -3.60. The van der Waals surface area contributed by atoms with Gasteiger partial charge in [-0.2, -0.15) is 5.21 Å². The third-order valence-corrected chi connectivity index (χ3v) is 5.99. The normalized spacial score (nSPS) is 18.8. The average Bonchev–Trinajstić information content (AvgIpc) is 3.35. The predicted molar refractivity (Wildman–Crippen MR) is 131 cm³/mol. The van der Waals surface area contributed by atoms with Gasteiger partial charge in [0.2, 0.25) is 12.2 Å². The Balaban J connectivity index is 1.62. The van der Waals surface area contributed by atoms with Gasteiger partial charge in [0, 0.05) is 24.3 Å². The van der Waals surface area contributed by atoms with E-state index in [2.05, 4.69) is 30.8 Å². The number of carbonyl (C=O) groups is 1. The maximum absolute atomic E-state index is 13.4. The number of para-hydroxylation sites is 1. The molecule has 0 spiro atoms. The lowest BCUT2D eigenvalue weighted by Gasteiger charge is -2.37. The number of nitrogens with one attached hydrogen (secondary N) is 2. The summed E-state index contributed by atoms with van der Waals surface area (Å²) in [6.45, 7) is 9.02. The van der Waals surface area contributed by atoms with Gasteiger partial charge < -0.3 is 19.7 Å². The highest BCUT2D eigenvalue weighted by Gasteiger charge is 2.28. The number of nitrogens with zero attached hydrogens (tertiary/aromatic N) is 4. The number of aromatic amines is 1. The van der Waals surface area contributed by atoms with Gasteiger partial charge in [-0.3, -0.25) is 4.79 Å². The van der Waals surface area contributed by atoms with E-state index < -0.39 is 24.9 Å². The molecule has 192 valence electrons. The summed E-state index contributed by atoms with van der Waals surface area (Å²) in [6.07, 6.45) is -4.77. The van der Waals surface area contributed by atoms with Gasteiger partial charge in [-0.05, 0) is 62.2 Å². The van der Waals surface area contributed by atoms with Crippen LogP contribution in [0.5, 0.6) is 5.75 Å². The zero-order valence-electron chi connectivity index (χ0n) is 20.7. The SMILES string of the molecule is Cc1cccc(C)c1O[C@@H](CC(F)F)C(=O)Nc1ccc(N2CC(C)O[C@@H](C)C2)cc1-c1nn[nH]n1. The molecule has 9 nitrogen and oxygen atoms in total. The predicted octanol–water partition coefficient (Wildman–Crippen LogP) is 4.14. The van der Waals surface area contributed by atoms with Crippen molar-refractivity contribution in [2.75, 3.05) is 23.3 Å². The van der Waals surface area contributed by atoms with Crippen molar-refractivity contribution in [2.45, 2.75) is 58.9 Å². The van der Waals surface area contributed by atoms with E-state index in [0.717, 1.165) is 16.8 Å². The fraction of sp³-hybridized carbons (Fsp3) is 0.440. The number of H-pyrrole nitrogens is 1. The number of benzene rings is 2.